The Bertz CT molecular complexity index is 295. The Hall–Kier alpha value is -1.39. The summed E-state index contributed by atoms with van der Waals surface area (Å²) < 4.78 is 9.94. The number of methoxy groups -OCH3 is 2. The molecule has 0 amide bonds. The highest BCUT2D eigenvalue weighted by Crippen LogP contribution is 2.13. The van der Waals surface area contributed by atoms with Gasteiger partial charge in [-0.2, -0.15) is 9.97 Å². The molecule has 84 valence electrons. The molecule has 15 heavy (non-hydrogen) atoms. The molecule has 1 aromatic rings. The monoisotopic (exact) mass is 211 g/mol. The summed E-state index contributed by atoms with van der Waals surface area (Å²) in [7, 11) is 3.06. The summed E-state index contributed by atoms with van der Waals surface area (Å²) in [4.78, 5) is 12.3. The molecule has 0 aromatic carbocycles. The van der Waals surface area contributed by atoms with Crippen molar-refractivity contribution in [1.82, 2.24) is 15.0 Å². The number of rotatable bonds is 5. The van der Waals surface area contributed by atoms with E-state index in [0.29, 0.717) is 23.8 Å². The van der Waals surface area contributed by atoms with Crippen LogP contribution < -0.4 is 9.47 Å². The van der Waals surface area contributed by atoms with E-state index in [4.69, 9.17) is 9.47 Å². The summed E-state index contributed by atoms with van der Waals surface area (Å²) in [5.74, 6) is 1.26. The van der Waals surface area contributed by atoms with E-state index in [9.17, 15) is 0 Å². The maximum Gasteiger partial charge on any atom is 0.322 e. The minimum atomic E-state index is 0.306. The van der Waals surface area contributed by atoms with Gasteiger partial charge in [-0.25, -0.2) is 0 Å². The van der Waals surface area contributed by atoms with E-state index < -0.39 is 0 Å². The molecule has 0 bridgehead atoms. The van der Waals surface area contributed by atoms with Gasteiger partial charge in [0.05, 0.1) is 14.2 Å². The highest BCUT2D eigenvalue weighted by Gasteiger charge is 2.09. The van der Waals surface area contributed by atoms with Gasteiger partial charge in [0.1, 0.15) is 5.82 Å². The van der Waals surface area contributed by atoms with Crippen LogP contribution >= 0.6 is 0 Å². The Morgan fingerprint density at radius 3 is 2.00 bits per heavy atom. The molecule has 0 N–H and O–H groups in total. The molecule has 1 atom stereocenters. The summed E-state index contributed by atoms with van der Waals surface area (Å²) in [6, 6.07) is 0.611. The van der Waals surface area contributed by atoms with E-state index in [0.717, 1.165) is 12.8 Å². The van der Waals surface area contributed by atoms with Crippen molar-refractivity contribution in [1.29, 1.82) is 0 Å². The number of hydrogen-bond acceptors (Lipinski definition) is 5. The third-order valence-electron chi connectivity index (χ3n) is 2.23. The summed E-state index contributed by atoms with van der Waals surface area (Å²) >= 11 is 0. The third-order valence-corrected chi connectivity index (χ3v) is 2.23. The van der Waals surface area contributed by atoms with Gasteiger partial charge < -0.3 is 9.47 Å². The maximum absolute atomic E-state index is 4.97. The highest BCUT2D eigenvalue weighted by atomic mass is 16.5. The van der Waals surface area contributed by atoms with Crippen molar-refractivity contribution in [2.75, 3.05) is 14.2 Å². The lowest BCUT2D eigenvalue weighted by Gasteiger charge is -2.08. The average Bonchev–Trinajstić information content (AvgIpc) is 2.28. The minimum absolute atomic E-state index is 0.306. The fourth-order valence-electron chi connectivity index (χ4n) is 1.11. The van der Waals surface area contributed by atoms with Gasteiger partial charge in [-0.05, 0) is 5.92 Å². The lowest BCUT2D eigenvalue weighted by atomic mass is 10.1. The molecule has 1 heterocycles. The predicted molar refractivity (Wildman–Crippen MR) is 56.1 cm³/mol. The van der Waals surface area contributed by atoms with E-state index in [2.05, 4.69) is 28.8 Å². The molecule has 0 saturated carbocycles. The van der Waals surface area contributed by atoms with E-state index in [1.165, 1.54) is 14.2 Å². The standard InChI is InChI=1S/C10H17N3O2/c1-5-7(2)6-8-11-9(14-3)13-10(12-8)15-4/h7H,5-6H2,1-4H3/t7-/m0/s1. The van der Waals surface area contributed by atoms with Crippen molar-refractivity contribution in [3.05, 3.63) is 5.82 Å². The average molecular weight is 211 g/mol. The number of nitrogens with zero attached hydrogens (tertiary/aromatic N) is 3. The first-order valence-corrected chi connectivity index (χ1v) is 5.02. The van der Waals surface area contributed by atoms with Crippen LogP contribution in [0.15, 0.2) is 0 Å². The van der Waals surface area contributed by atoms with Gasteiger partial charge in [0.25, 0.3) is 0 Å². The normalized spacial score (nSPS) is 12.3. The molecule has 0 spiro atoms. The Kier molecular flexibility index (Phi) is 4.27. The summed E-state index contributed by atoms with van der Waals surface area (Å²) in [5, 5.41) is 0. The molecule has 5 heteroatoms. The van der Waals surface area contributed by atoms with Gasteiger partial charge >= 0.3 is 12.0 Å². The largest absolute Gasteiger partial charge is 0.467 e. The van der Waals surface area contributed by atoms with E-state index >= 15 is 0 Å². The Labute approximate surface area is 89.9 Å². The van der Waals surface area contributed by atoms with E-state index in [-0.39, 0.29) is 0 Å². The van der Waals surface area contributed by atoms with Crippen molar-refractivity contribution in [3.8, 4) is 12.0 Å². The second-order valence-corrected chi connectivity index (χ2v) is 3.44. The SMILES string of the molecule is CC[C@H](C)Cc1nc(OC)nc(OC)n1. The fourth-order valence-corrected chi connectivity index (χ4v) is 1.11. The molecule has 0 aliphatic carbocycles. The zero-order valence-corrected chi connectivity index (χ0v) is 9.65. The van der Waals surface area contributed by atoms with Gasteiger partial charge in [0.2, 0.25) is 0 Å². The van der Waals surface area contributed by atoms with Crippen LogP contribution in [0.1, 0.15) is 26.1 Å². The quantitative estimate of drug-likeness (QED) is 0.738. The van der Waals surface area contributed by atoms with E-state index in [1.54, 1.807) is 0 Å². The zero-order chi connectivity index (χ0) is 11.3. The molecule has 0 unspecified atom stereocenters. The summed E-state index contributed by atoms with van der Waals surface area (Å²) in [6.45, 7) is 4.29. The molecule has 0 fully saturated rings. The van der Waals surface area contributed by atoms with Crippen LogP contribution in [0, 0.1) is 5.92 Å². The molecular formula is C10H17N3O2. The number of hydrogen-bond donors (Lipinski definition) is 0. The predicted octanol–water partition coefficient (Wildman–Crippen LogP) is 1.48. The van der Waals surface area contributed by atoms with Gasteiger partial charge in [-0.3, -0.25) is 0 Å². The Morgan fingerprint density at radius 2 is 1.60 bits per heavy atom. The van der Waals surface area contributed by atoms with Crippen molar-refractivity contribution in [2.24, 2.45) is 5.92 Å². The molecule has 0 radical (unpaired) electrons. The zero-order valence-electron chi connectivity index (χ0n) is 9.65. The molecular weight excluding hydrogens is 194 g/mol. The topological polar surface area (TPSA) is 57.1 Å². The minimum Gasteiger partial charge on any atom is -0.467 e. The molecule has 5 nitrogen and oxygen atoms in total. The Morgan fingerprint density at radius 1 is 1.07 bits per heavy atom. The van der Waals surface area contributed by atoms with Crippen LogP contribution in [0.5, 0.6) is 12.0 Å². The van der Waals surface area contributed by atoms with Crippen molar-refractivity contribution < 1.29 is 9.47 Å². The molecule has 0 saturated heterocycles. The van der Waals surface area contributed by atoms with Crippen LogP contribution in [-0.2, 0) is 6.42 Å². The van der Waals surface area contributed by atoms with Gasteiger partial charge in [0.15, 0.2) is 0 Å². The number of aromatic nitrogens is 3. The van der Waals surface area contributed by atoms with Gasteiger partial charge in [-0.1, -0.05) is 20.3 Å². The van der Waals surface area contributed by atoms with Crippen molar-refractivity contribution in [2.45, 2.75) is 26.7 Å². The van der Waals surface area contributed by atoms with Crippen LogP contribution in [0.4, 0.5) is 0 Å². The number of ether oxygens (including phenoxy) is 2. The second-order valence-electron chi connectivity index (χ2n) is 3.44. The highest BCUT2D eigenvalue weighted by molar-refractivity contribution is 5.05. The first-order chi connectivity index (χ1) is 7.19. The van der Waals surface area contributed by atoms with Crippen LogP contribution in [0.25, 0.3) is 0 Å². The molecule has 1 aromatic heterocycles. The van der Waals surface area contributed by atoms with Crippen molar-refractivity contribution >= 4 is 0 Å². The Balaban J connectivity index is 2.86. The maximum atomic E-state index is 4.97. The third kappa shape index (κ3) is 3.34. The first kappa shape index (κ1) is 11.7. The summed E-state index contributed by atoms with van der Waals surface area (Å²) in [6.07, 6.45) is 1.90. The fraction of sp³-hybridized carbons (Fsp3) is 0.700. The van der Waals surface area contributed by atoms with Gasteiger partial charge in [-0.15, -0.1) is 4.98 Å². The lowest BCUT2D eigenvalue weighted by molar-refractivity contribution is 0.334. The molecule has 1 rings (SSSR count). The molecule has 0 aliphatic heterocycles. The van der Waals surface area contributed by atoms with Crippen LogP contribution in [0.2, 0.25) is 0 Å². The van der Waals surface area contributed by atoms with Gasteiger partial charge in [0, 0.05) is 6.42 Å². The first-order valence-electron chi connectivity index (χ1n) is 5.02. The van der Waals surface area contributed by atoms with Crippen LogP contribution in [-0.4, -0.2) is 29.2 Å². The smallest absolute Gasteiger partial charge is 0.322 e. The van der Waals surface area contributed by atoms with E-state index in [1.807, 2.05) is 0 Å². The molecule has 0 aliphatic rings. The summed E-state index contributed by atoms with van der Waals surface area (Å²) in [5.41, 5.74) is 0. The second kappa shape index (κ2) is 5.48. The van der Waals surface area contributed by atoms with Crippen LogP contribution in [0.3, 0.4) is 0 Å². The lowest BCUT2D eigenvalue weighted by Crippen LogP contribution is -2.07. The van der Waals surface area contributed by atoms with Crippen molar-refractivity contribution in [3.63, 3.8) is 0 Å².